The number of aliphatic hydroxyl groups is 1. The summed E-state index contributed by atoms with van der Waals surface area (Å²) in [6.07, 6.45) is 0.479. The van der Waals surface area contributed by atoms with Crippen molar-refractivity contribution in [1.29, 1.82) is 0 Å². The molecular formula is C29H22ClFN2O3S. The van der Waals surface area contributed by atoms with E-state index in [1.165, 1.54) is 40.5 Å². The Balaban J connectivity index is 1.52. The van der Waals surface area contributed by atoms with Crippen molar-refractivity contribution in [2.24, 2.45) is 0 Å². The van der Waals surface area contributed by atoms with Crippen molar-refractivity contribution in [3.8, 4) is 10.6 Å². The molecule has 1 aromatic heterocycles. The van der Waals surface area contributed by atoms with Gasteiger partial charge in [0.2, 0.25) is 5.78 Å². The Morgan fingerprint density at radius 3 is 2.41 bits per heavy atom. The Morgan fingerprint density at radius 1 is 1.05 bits per heavy atom. The summed E-state index contributed by atoms with van der Waals surface area (Å²) in [5.41, 5.74) is 2.83. The highest BCUT2D eigenvalue weighted by Gasteiger charge is 2.44. The minimum absolute atomic E-state index is 0.0286. The van der Waals surface area contributed by atoms with Gasteiger partial charge in [0.1, 0.15) is 10.8 Å². The second-order valence-corrected chi connectivity index (χ2v) is 10.2. The maximum absolute atomic E-state index is 13.9. The van der Waals surface area contributed by atoms with Crippen molar-refractivity contribution >= 4 is 34.6 Å². The second-order valence-electron chi connectivity index (χ2n) is 8.72. The summed E-state index contributed by atoms with van der Waals surface area (Å²) >= 11 is 7.20. The second kappa shape index (κ2) is 10.3. The summed E-state index contributed by atoms with van der Waals surface area (Å²) in [4.78, 5) is 33.5. The molecule has 37 heavy (non-hydrogen) atoms. The number of carbonyl (C=O) groups excluding carboxylic acids is 2. The van der Waals surface area contributed by atoms with Crippen LogP contribution in [-0.4, -0.2) is 33.2 Å². The predicted octanol–water partition coefficient (Wildman–Crippen LogP) is 6.73. The third-order valence-corrected chi connectivity index (χ3v) is 7.77. The van der Waals surface area contributed by atoms with Gasteiger partial charge in [0.15, 0.2) is 5.76 Å². The molecule has 4 aromatic rings. The molecule has 5 nitrogen and oxygen atoms in total. The number of carbonyl (C=O) groups is 2. The zero-order valence-corrected chi connectivity index (χ0v) is 21.4. The van der Waals surface area contributed by atoms with Gasteiger partial charge in [0.25, 0.3) is 5.91 Å². The van der Waals surface area contributed by atoms with Gasteiger partial charge in [-0.2, -0.15) is 0 Å². The van der Waals surface area contributed by atoms with E-state index in [9.17, 15) is 19.1 Å². The van der Waals surface area contributed by atoms with Crippen LogP contribution in [0.25, 0.3) is 10.6 Å². The topological polar surface area (TPSA) is 70.5 Å². The number of Topliss-reactive ketones (excluding diaryl/α,β-unsaturated/α-hetero) is 1. The first-order valence-electron chi connectivity index (χ1n) is 11.6. The van der Waals surface area contributed by atoms with Gasteiger partial charge in [-0.15, -0.1) is 11.3 Å². The number of hydrogen-bond acceptors (Lipinski definition) is 5. The first-order chi connectivity index (χ1) is 17.8. The number of rotatable bonds is 7. The van der Waals surface area contributed by atoms with E-state index in [0.717, 1.165) is 11.1 Å². The maximum atomic E-state index is 13.9. The largest absolute Gasteiger partial charge is 0.503 e. The number of ketones is 1. The Bertz CT molecular complexity index is 1500. The van der Waals surface area contributed by atoms with Gasteiger partial charge in [-0.3, -0.25) is 9.59 Å². The molecule has 8 heteroatoms. The van der Waals surface area contributed by atoms with Gasteiger partial charge in [-0.1, -0.05) is 66.2 Å². The van der Waals surface area contributed by atoms with Gasteiger partial charge < -0.3 is 10.0 Å². The Hall–Kier alpha value is -3.81. The molecule has 2 heterocycles. The van der Waals surface area contributed by atoms with Crippen LogP contribution in [0.1, 0.15) is 32.5 Å². The molecule has 0 fully saturated rings. The van der Waals surface area contributed by atoms with Crippen molar-refractivity contribution in [2.75, 3.05) is 6.54 Å². The minimum Gasteiger partial charge on any atom is -0.503 e. The number of amides is 1. The van der Waals surface area contributed by atoms with E-state index in [1.807, 2.05) is 42.5 Å². The summed E-state index contributed by atoms with van der Waals surface area (Å²) < 4.78 is 13.7. The summed E-state index contributed by atoms with van der Waals surface area (Å²) in [6.45, 7) is 1.97. The maximum Gasteiger partial charge on any atom is 0.290 e. The van der Waals surface area contributed by atoms with Crippen LogP contribution in [0, 0.1) is 12.7 Å². The lowest BCUT2D eigenvalue weighted by Gasteiger charge is -2.27. The van der Waals surface area contributed by atoms with Crippen molar-refractivity contribution in [1.82, 2.24) is 9.88 Å². The number of halogens is 2. The molecule has 0 bridgehead atoms. The van der Waals surface area contributed by atoms with E-state index in [0.29, 0.717) is 32.6 Å². The molecule has 0 spiro atoms. The Labute approximate surface area is 222 Å². The molecule has 186 valence electrons. The van der Waals surface area contributed by atoms with E-state index in [-0.39, 0.29) is 12.1 Å². The van der Waals surface area contributed by atoms with E-state index >= 15 is 0 Å². The molecule has 1 unspecified atom stereocenters. The van der Waals surface area contributed by atoms with Gasteiger partial charge in [-0.25, -0.2) is 9.37 Å². The highest BCUT2D eigenvalue weighted by atomic mass is 35.5. The summed E-state index contributed by atoms with van der Waals surface area (Å²) in [5, 5.41) is 12.2. The molecule has 5 rings (SSSR count). The summed E-state index contributed by atoms with van der Waals surface area (Å²) in [5.74, 6) is -2.14. The zero-order valence-electron chi connectivity index (χ0n) is 19.8. The molecule has 0 aliphatic carbocycles. The van der Waals surface area contributed by atoms with E-state index in [1.54, 1.807) is 19.1 Å². The molecule has 1 N–H and O–H groups in total. The minimum atomic E-state index is -0.866. The summed E-state index contributed by atoms with van der Waals surface area (Å²) in [6, 6.07) is 21.5. The normalized spacial score (nSPS) is 15.5. The van der Waals surface area contributed by atoms with Crippen LogP contribution >= 0.6 is 22.9 Å². The van der Waals surface area contributed by atoms with E-state index in [4.69, 9.17) is 11.6 Å². The standard InChI is InChI=1S/C29H22ClFN2O3S/c1-17-27(37-28(32-17)20-5-3-2-4-6-20)25(34)23-24(19-9-13-22(31)14-10-19)33(29(36)26(23)35)16-15-18-7-11-21(30)12-8-18/h2-14,24,35H,15-16H2,1H3. The van der Waals surface area contributed by atoms with Gasteiger partial charge in [0.05, 0.1) is 22.2 Å². The molecule has 1 aliphatic rings. The smallest absolute Gasteiger partial charge is 0.290 e. The van der Waals surface area contributed by atoms with Crippen molar-refractivity contribution in [2.45, 2.75) is 19.4 Å². The quantitative estimate of drug-likeness (QED) is 0.268. The Morgan fingerprint density at radius 2 is 1.73 bits per heavy atom. The molecule has 0 saturated heterocycles. The third kappa shape index (κ3) is 4.92. The van der Waals surface area contributed by atoms with Crippen LogP contribution in [-0.2, 0) is 11.2 Å². The summed E-state index contributed by atoms with van der Waals surface area (Å²) in [7, 11) is 0. The number of thiazole rings is 1. The van der Waals surface area contributed by atoms with Crippen LogP contribution in [0.5, 0.6) is 0 Å². The monoisotopic (exact) mass is 532 g/mol. The fraction of sp³-hybridized carbons (Fsp3) is 0.138. The highest BCUT2D eigenvalue weighted by Crippen LogP contribution is 2.41. The molecule has 1 amide bonds. The van der Waals surface area contributed by atoms with Gasteiger partial charge in [0, 0.05) is 17.1 Å². The lowest BCUT2D eigenvalue weighted by atomic mass is 9.95. The highest BCUT2D eigenvalue weighted by molar-refractivity contribution is 7.17. The first kappa shape index (κ1) is 24.9. The molecule has 1 aliphatic heterocycles. The SMILES string of the molecule is Cc1nc(-c2ccccc2)sc1C(=O)C1=C(O)C(=O)N(CCc2ccc(Cl)cc2)C1c1ccc(F)cc1. The number of benzene rings is 3. The third-order valence-electron chi connectivity index (χ3n) is 6.31. The van der Waals surface area contributed by atoms with Gasteiger partial charge >= 0.3 is 0 Å². The van der Waals surface area contributed by atoms with Crippen molar-refractivity contribution in [3.63, 3.8) is 0 Å². The average Bonchev–Trinajstić information content (AvgIpc) is 3.41. The first-order valence-corrected chi connectivity index (χ1v) is 12.8. The number of nitrogens with zero attached hydrogens (tertiary/aromatic N) is 2. The lowest BCUT2D eigenvalue weighted by Crippen LogP contribution is -2.33. The predicted molar refractivity (Wildman–Crippen MR) is 142 cm³/mol. The fourth-order valence-corrected chi connectivity index (χ4v) is 5.59. The van der Waals surface area contributed by atoms with E-state index < -0.39 is 29.3 Å². The van der Waals surface area contributed by atoms with E-state index in [2.05, 4.69) is 4.98 Å². The average molecular weight is 533 g/mol. The van der Waals surface area contributed by atoms with Crippen LogP contribution < -0.4 is 0 Å². The van der Waals surface area contributed by atoms with Crippen LogP contribution in [0.3, 0.4) is 0 Å². The lowest BCUT2D eigenvalue weighted by molar-refractivity contribution is -0.129. The van der Waals surface area contributed by atoms with Crippen molar-refractivity contribution < 1.29 is 19.1 Å². The van der Waals surface area contributed by atoms with Gasteiger partial charge in [-0.05, 0) is 48.7 Å². The number of aryl methyl sites for hydroxylation is 1. The number of aromatic nitrogens is 1. The fourth-order valence-electron chi connectivity index (χ4n) is 4.44. The van der Waals surface area contributed by atoms with Crippen LogP contribution in [0.2, 0.25) is 5.02 Å². The molecule has 0 saturated carbocycles. The van der Waals surface area contributed by atoms with Crippen LogP contribution in [0.15, 0.2) is 90.2 Å². The molecule has 3 aromatic carbocycles. The Kier molecular flexibility index (Phi) is 6.91. The molecule has 0 radical (unpaired) electrons. The zero-order chi connectivity index (χ0) is 26.1. The number of hydrogen-bond donors (Lipinski definition) is 1. The van der Waals surface area contributed by atoms with Crippen LogP contribution in [0.4, 0.5) is 4.39 Å². The van der Waals surface area contributed by atoms with Crippen molar-refractivity contribution in [3.05, 3.63) is 123 Å². The molecular weight excluding hydrogens is 511 g/mol. The number of aliphatic hydroxyl groups excluding tert-OH is 1. The molecule has 1 atom stereocenters.